The van der Waals surface area contributed by atoms with Crippen LogP contribution in [0.5, 0.6) is 0 Å². The van der Waals surface area contributed by atoms with Gasteiger partial charge in [0.2, 0.25) is 0 Å². The molecule has 1 aliphatic carbocycles. The van der Waals surface area contributed by atoms with E-state index in [1.165, 1.54) is 17.5 Å². The number of hydrogen-bond donors (Lipinski definition) is 0. The van der Waals surface area contributed by atoms with E-state index in [1.54, 1.807) is 0 Å². The Hall–Kier alpha value is -1.11. The quantitative estimate of drug-likeness (QED) is 0.666. The molecule has 2 rings (SSSR count). The van der Waals surface area contributed by atoms with Crippen LogP contribution < -0.4 is 0 Å². The van der Waals surface area contributed by atoms with Crippen molar-refractivity contribution in [1.82, 2.24) is 0 Å². The summed E-state index contributed by atoms with van der Waals surface area (Å²) in [6, 6.07) is 5.42. The molecule has 0 N–H and O–H groups in total. The lowest BCUT2D eigenvalue weighted by atomic mass is 9.62. The number of aryl methyl sites for hydroxylation is 1. The van der Waals surface area contributed by atoms with Gasteiger partial charge in [-0.05, 0) is 53.4 Å². The summed E-state index contributed by atoms with van der Waals surface area (Å²) in [5, 5.41) is 0. The van der Waals surface area contributed by atoms with Crippen molar-refractivity contribution in [3.63, 3.8) is 0 Å². The highest BCUT2D eigenvalue weighted by Gasteiger charge is 2.38. The second-order valence-electron chi connectivity index (χ2n) is 6.54. The number of aldehydes is 1. The van der Waals surface area contributed by atoms with Gasteiger partial charge in [0, 0.05) is 5.56 Å². The minimum atomic E-state index is 0.0886. The fourth-order valence-corrected chi connectivity index (χ4v) is 2.98. The largest absolute Gasteiger partial charge is 0.298 e. The molecule has 0 bridgehead atoms. The molecule has 0 heterocycles. The highest BCUT2D eigenvalue weighted by molar-refractivity contribution is 5.79. The minimum Gasteiger partial charge on any atom is -0.298 e. The Morgan fingerprint density at radius 3 is 2.35 bits per heavy atom. The van der Waals surface area contributed by atoms with Crippen LogP contribution >= 0.6 is 0 Å². The normalized spacial score (nSPS) is 20.8. The van der Waals surface area contributed by atoms with Gasteiger partial charge < -0.3 is 0 Å². The maximum Gasteiger partial charge on any atom is 0.150 e. The summed E-state index contributed by atoms with van der Waals surface area (Å²) < 4.78 is 0. The average molecular weight is 229 g/mol. The molecule has 0 atom stereocenters. The Morgan fingerprint density at radius 1 is 1.18 bits per heavy atom. The third-order valence-electron chi connectivity index (χ3n) is 4.13. The Balaban J connectivity index is 2.79. The van der Waals surface area contributed by atoms with E-state index in [0.717, 1.165) is 23.8 Å². The van der Waals surface area contributed by atoms with E-state index in [-0.39, 0.29) is 10.8 Å². The monoisotopic (exact) mass is 229 g/mol. The molecule has 0 saturated carbocycles. The molecule has 0 saturated heterocycles. The topological polar surface area (TPSA) is 17.1 Å². The van der Waals surface area contributed by atoms with E-state index in [0.29, 0.717) is 0 Å². The van der Waals surface area contributed by atoms with Crippen molar-refractivity contribution in [3.05, 3.63) is 34.4 Å². The molecule has 1 aromatic carbocycles. The predicted octanol–water partition coefficient (Wildman–Crippen LogP) is 3.96. The van der Waals surface area contributed by atoms with Gasteiger partial charge in [0.15, 0.2) is 6.29 Å². The average Bonchev–Trinajstić information content (AvgIpc) is 2.23. The summed E-state index contributed by atoms with van der Waals surface area (Å²) in [5.74, 6) is 0. The van der Waals surface area contributed by atoms with Gasteiger partial charge in [-0.25, -0.2) is 0 Å². The van der Waals surface area contributed by atoms with Crippen molar-refractivity contribution >= 4 is 6.29 Å². The summed E-state index contributed by atoms with van der Waals surface area (Å²) in [6.45, 7) is 11.0. The van der Waals surface area contributed by atoms with Crippen molar-refractivity contribution in [1.29, 1.82) is 0 Å². The lowest BCUT2D eigenvalue weighted by Crippen LogP contribution is -2.35. The molecule has 0 fully saturated rings. The number of carbonyl (C=O) groups is 1. The zero-order chi connectivity index (χ0) is 12.8. The number of hydrogen-bond acceptors (Lipinski definition) is 1. The van der Waals surface area contributed by atoms with Gasteiger partial charge in [0.1, 0.15) is 0 Å². The van der Waals surface area contributed by atoms with Crippen LogP contribution in [0.1, 0.15) is 67.6 Å². The summed E-state index contributed by atoms with van der Waals surface area (Å²) >= 11 is 0. The van der Waals surface area contributed by atoms with E-state index in [9.17, 15) is 4.79 Å². The molecule has 17 heavy (non-hydrogen) atoms. The summed E-state index contributed by atoms with van der Waals surface area (Å²) in [5.41, 5.74) is 4.64. The molecule has 1 aromatic rings. The highest BCUT2D eigenvalue weighted by atomic mass is 16.1. The standard InChI is InChI=1S/C16H21O/c1-11-8-12(10-17)14-13(9-11)15(2,3)6-7-16(14,4)5/h9-10H,6-7H2,1-5H3. The molecule has 0 spiro atoms. The SMILES string of the molecule is Cc1[c]c(C=O)c2c(c1)C(C)(C)CCC2(C)C. The van der Waals surface area contributed by atoms with E-state index >= 15 is 0 Å². The fourth-order valence-electron chi connectivity index (χ4n) is 2.98. The Morgan fingerprint density at radius 2 is 1.76 bits per heavy atom. The van der Waals surface area contributed by atoms with Gasteiger partial charge in [-0.15, -0.1) is 0 Å². The van der Waals surface area contributed by atoms with Gasteiger partial charge in [0.25, 0.3) is 0 Å². The first-order valence-electron chi connectivity index (χ1n) is 6.31. The summed E-state index contributed by atoms with van der Waals surface area (Å²) in [4.78, 5) is 11.3. The maximum absolute atomic E-state index is 11.3. The lowest BCUT2D eigenvalue weighted by Gasteiger charge is -2.42. The van der Waals surface area contributed by atoms with Crippen LogP contribution in [0.4, 0.5) is 0 Å². The van der Waals surface area contributed by atoms with Crippen LogP contribution in [0.2, 0.25) is 0 Å². The Kier molecular flexibility index (Phi) is 2.68. The van der Waals surface area contributed by atoms with Gasteiger partial charge in [0.05, 0.1) is 0 Å². The molecule has 91 valence electrons. The van der Waals surface area contributed by atoms with Crippen molar-refractivity contribution in [3.8, 4) is 0 Å². The molecule has 0 amide bonds. The van der Waals surface area contributed by atoms with Crippen molar-refractivity contribution in [2.24, 2.45) is 0 Å². The van der Waals surface area contributed by atoms with Gasteiger partial charge in [-0.2, -0.15) is 0 Å². The summed E-state index contributed by atoms with van der Waals surface area (Å²) in [6.07, 6.45) is 3.27. The predicted molar refractivity (Wildman–Crippen MR) is 70.7 cm³/mol. The van der Waals surface area contributed by atoms with Crippen molar-refractivity contribution < 1.29 is 4.79 Å². The minimum absolute atomic E-state index is 0.0886. The molecule has 1 heteroatoms. The second-order valence-corrected chi connectivity index (χ2v) is 6.54. The number of benzene rings is 1. The van der Waals surface area contributed by atoms with Crippen LogP contribution in [0.15, 0.2) is 6.07 Å². The first-order chi connectivity index (χ1) is 7.78. The molecule has 0 unspecified atom stereocenters. The lowest BCUT2D eigenvalue weighted by molar-refractivity contribution is 0.111. The van der Waals surface area contributed by atoms with Crippen LogP contribution in [-0.4, -0.2) is 6.29 Å². The molecule has 1 radical (unpaired) electrons. The smallest absolute Gasteiger partial charge is 0.150 e. The molecule has 1 aliphatic rings. The van der Waals surface area contributed by atoms with E-state index < -0.39 is 0 Å². The molecular weight excluding hydrogens is 208 g/mol. The molecular formula is C16H21O. The van der Waals surface area contributed by atoms with Crippen LogP contribution in [0.3, 0.4) is 0 Å². The third-order valence-corrected chi connectivity index (χ3v) is 4.13. The maximum atomic E-state index is 11.3. The number of rotatable bonds is 1. The summed E-state index contributed by atoms with van der Waals surface area (Å²) in [7, 11) is 0. The van der Waals surface area contributed by atoms with Crippen LogP contribution in [0, 0.1) is 13.0 Å². The van der Waals surface area contributed by atoms with Crippen molar-refractivity contribution in [2.75, 3.05) is 0 Å². The van der Waals surface area contributed by atoms with Crippen molar-refractivity contribution in [2.45, 2.75) is 58.3 Å². The fraction of sp³-hybridized carbons (Fsp3) is 0.562. The molecule has 1 nitrogen and oxygen atoms in total. The molecule has 0 aliphatic heterocycles. The highest BCUT2D eigenvalue weighted by Crippen LogP contribution is 2.46. The zero-order valence-electron chi connectivity index (χ0n) is 11.5. The molecule has 0 aromatic heterocycles. The Labute approximate surface area is 104 Å². The van der Waals surface area contributed by atoms with E-state index in [2.05, 4.69) is 39.8 Å². The van der Waals surface area contributed by atoms with Gasteiger partial charge in [-0.3, -0.25) is 4.79 Å². The van der Waals surface area contributed by atoms with Gasteiger partial charge >= 0.3 is 0 Å². The Bertz CT molecular complexity index is 467. The first-order valence-corrected chi connectivity index (χ1v) is 6.31. The first kappa shape index (κ1) is 12.3. The number of carbonyl (C=O) groups excluding carboxylic acids is 1. The van der Waals surface area contributed by atoms with E-state index in [4.69, 9.17) is 0 Å². The zero-order valence-corrected chi connectivity index (χ0v) is 11.5. The third kappa shape index (κ3) is 1.92. The van der Waals surface area contributed by atoms with E-state index in [1.807, 2.05) is 6.92 Å². The number of fused-ring (bicyclic) bond motifs is 1. The second kappa shape index (κ2) is 3.69. The van der Waals surface area contributed by atoms with Gasteiger partial charge in [-0.1, -0.05) is 33.8 Å². The van der Waals surface area contributed by atoms with Crippen LogP contribution in [-0.2, 0) is 10.8 Å². The van der Waals surface area contributed by atoms with Crippen LogP contribution in [0.25, 0.3) is 0 Å².